The van der Waals surface area contributed by atoms with Gasteiger partial charge in [0.25, 0.3) is 0 Å². The Hall–Kier alpha value is -4.65. The molecule has 4 aromatic rings. The van der Waals surface area contributed by atoms with Crippen LogP contribution in [0, 0.1) is 11.3 Å². The zero-order valence-corrected chi connectivity index (χ0v) is 15.5. The van der Waals surface area contributed by atoms with E-state index in [-0.39, 0.29) is 18.2 Å². The van der Waals surface area contributed by atoms with E-state index in [0.29, 0.717) is 28.3 Å². The molecule has 10 nitrogen and oxygen atoms in total. The Labute approximate surface area is 170 Å². The molecule has 1 aromatic carbocycles. The van der Waals surface area contributed by atoms with Gasteiger partial charge in [0.1, 0.15) is 17.9 Å². The fraction of sp³-hybridized carbons (Fsp3) is 0.0500. The highest BCUT2D eigenvalue weighted by molar-refractivity contribution is 5.85. The number of nitriles is 1. The molecule has 0 aliphatic rings. The normalized spacial score (nSPS) is 10.5. The van der Waals surface area contributed by atoms with Gasteiger partial charge in [-0.25, -0.2) is 19.7 Å². The largest absolute Gasteiger partial charge is 0.477 e. The van der Waals surface area contributed by atoms with Crippen LogP contribution in [0.25, 0.3) is 22.6 Å². The van der Waals surface area contributed by atoms with Crippen molar-refractivity contribution in [1.29, 1.82) is 5.26 Å². The Bertz CT molecular complexity index is 1290. The van der Waals surface area contributed by atoms with Gasteiger partial charge in [-0.05, 0) is 30.3 Å². The van der Waals surface area contributed by atoms with E-state index in [1.165, 1.54) is 17.1 Å². The lowest BCUT2D eigenvalue weighted by Gasteiger charge is -2.05. The quantitative estimate of drug-likeness (QED) is 0.513. The van der Waals surface area contributed by atoms with Crippen molar-refractivity contribution in [2.75, 3.05) is 5.73 Å². The molecule has 3 heterocycles. The van der Waals surface area contributed by atoms with Gasteiger partial charge in [-0.1, -0.05) is 18.2 Å². The summed E-state index contributed by atoms with van der Waals surface area (Å²) in [5, 5.41) is 26.7. The van der Waals surface area contributed by atoms with Gasteiger partial charge in [0.15, 0.2) is 0 Å². The van der Waals surface area contributed by atoms with Crippen molar-refractivity contribution in [1.82, 2.24) is 29.9 Å². The van der Waals surface area contributed by atoms with E-state index in [1.807, 2.05) is 6.07 Å². The Morgan fingerprint density at radius 2 is 1.87 bits per heavy atom. The second kappa shape index (κ2) is 7.76. The molecule has 146 valence electrons. The number of nitrogen functional groups attached to an aromatic ring is 1. The molecule has 3 N–H and O–H groups in total. The van der Waals surface area contributed by atoms with E-state index >= 15 is 0 Å². The van der Waals surface area contributed by atoms with E-state index in [9.17, 15) is 4.79 Å². The molecule has 0 saturated carbocycles. The van der Waals surface area contributed by atoms with Crippen molar-refractivity contribution in [3.63, 3.8) is 0 Å². The molecule has 0 bridgehead atoms. The lowest BCUT2D eigenvalue weighted by molar-refractivity contribution is 0.0690. The molecule has 0 fully saturated rings. The van der Waals surface area contributed by atoms with Crippen molar-refractivity contribution in [3.8, 4) is 28.7 Å². The first-order chi connectivity index (χ1) is 14.5. The van der Waals surface area contributed by atoms with E-state index in [4.69, 9.17) is 16.1 Å². The maximum Gasteiger partial charge on any atom is 0.354 e. The Morgan fingerprint density at radius 1 is 1.07 bits per heavy atom. The second-order valence-electron chi connectivity index (χ2n) is 6.27. The third kappa shape index (κ3) is 3.95. The predicted molar refractivity (Wildman–Crippen MR) is 106 cm³/mol. The summed E-state index contributed by atoms with van der Waals surface area (Å²) < 4.78 is 0. The number of aromatic nitrogens is 6. The monoisotopic (exact) mass is 398 g/mol. The van der Waals surface area contributed by atoms with Crippen LogP contribution in [0.4, 0.5) is 5.95 Å². The fourth-order valence-electron chi connectivity index (χ4n) is 2.82. The molecule has 30 heavy (non-hydrogen) atoms. The molecular formula is C20H14N8O2. The number of pyridine rings is 1. The Morgan fingerprint density at radius 3 is 2.67 bits per heavy atom. The van der Waals surface area contributed by atoms with Gasteiger partial charge in [-0.15, -0.1) is 0 Å². The van der Waals surface area contributed by atoms with Gasteiger partial charge in [0.2, 0.25) is 5.95 Å². The number of benzene rings is 1. The molecule has 0 unspecified atom stereocenters. The number of anilines is 1. The van der Waals surface area contributed by atoms with Gasteiger partial charge in [-0.2, -0.15) is 20.3 Å². The van der Waals surface area contributed by atoms with Crippen LogP contribution in [0.5, 0.6) is 0 Å². The zero-order chi connectivity index (χ0) is 21.1. The predicted octanol–water partition coefficient (Wildman–Crippen LogP) is 2.00. The van der Waals surface area contributed by atoms with Crippen molar-refractivity contribution in [2.24, 2.45) is 0 Å². The first-order valence-corrected chi connectivity index (χ1v) is 8.76. The fourth-order valence-corrected chi connectivity index (χ4v) is 2.82. The number of rotatable bonds is 5. The van der Waals surface area contributed by atoms with Gasteiger partial charge in [0, 0.05) is 5.56 Å². The number of carboxylic acid groups (broad SMARTS) is 1. The van der Waals surface area contributed by atoms with Crippen LogP contribution in [-0.2, 0) is 6.54 Å². The highest BCUT2D eigenvalue weighted by atomic mass is 16.4. The number of nitrogens with two attached hydrogens (primary N) is 1. The topological polar surface area (TPSA) is 156 Å². The molecule has 3 aromatic heterocycles. The smallest absolute Gasteiger partial charge is 0.354 e. The van der Waals surface area contributed by atoms with Crippen molar-refractivity contribution in [3.05, 3.63) is 71.7 Å². The number of aromatic carboxylic acids is 1. The SMILES string of the molecule is N#Cc1cccc(-c2cc(-c3cnn(Cc4cccc(C(=O)O)n4)n3)nc(N)n2)c1. The molecule has 0 spiro atoms. The van der Waals surface area contributed by atoms with E-state index in [1.54, 1.807) is 36.4 Å². The Balaban J connectivity index is 1.63. The molecule has 10 heteroatoms. The van der Waals surface area contributed by atoms with Crippen LogP contribution in [0.1, 0.15) is 21.7 Å². The highest BCUT2D eigenvalue weighted by Crippen LogP contribution is 2.24. The molecular weight excluding hydrogens is 384 g/mol. The van der Waals surface area contributed by atoms with E-state index in [2.05, 4.69) is 31.2 Å². The number of nitrogens with zero attached hydrogens (tertiary/aromatic N) is 7. The summed E-state index contributed by atoms with van der Waals surface area (Å²) in [6.45, 7) is 0.193. The van der Waals surface area contributed by atoms with Gasteiger partial charge < -0.3 is 10.8 Å². The maximum absolute atomic E-state index is 11.1. The standard InChI is InChI=1S/C20H14N8O2/c21-9-12-3-1-4-13(7-12)16-8-17(26-20(22)25-16)18-10-23-28(27-18)11-14-5-2-6-15(24-14)19(29)30/h1-8,10H,11H2,(H,29,30)(H2,22,25,26). The molecule has 0 aliphatic carbocycles. The first-order valence-electron chi connectivity index (χ1n) is 8.76. The van der Waals surface area contributed by atoms with Crippen LogP contribution in [0.3, 0.4) is 0 Å². The lowest BCUT2D eigenvalue weighted by atomic mass is 10.1. The third-order valence-electron chi connectivity index (χ3n) is 4.16. The maximum atomic E-state index is 11.1. The van der Waals surface area contributed by atoms with Crippen molar-refractivity contribution < 1.29 is 9.90 Å². The molecule has 4 rings (SSSR count). The van der Waals surface area contributed by atoms with Crippen LogP contribution in [-0.4, -0.2) is 41.0 Å². The number of hydrogen-bond acceptors (Lipinski definition) is 8. The van der Waals surface area contributed by atoms with Crippen LogP contribution in [0.15, 0.2) is 54.7 Å². The highest BCUT2D eigenvalue weighted by Gasteiger charge is 2.12. The summed E-state index contributed by atoms with van der Waals surface area (Å²) in [4.78, 5) is 25.0. The molecule has 0 saturated heterocycles. The van der Waals surface area contributed by atoms with E-state index in [0.717, 1.165) is 5.56 Å². The molecule has 0 radical (unpaired) electrons. The summed E-state index contributed by atoms with van der Waals surface area (Å²) in [5.41, 5.74) is 9.06. The summed E-state index contributed by atoms with van der Waals surface area (Å²) in [5.74, 6) is -1.04. The van der Waals surface area contributed by atoms with Crippen molar-refractivity contribution >= 4 is 11.9 Å². The number of carboxylic acids is 1. The average molecular weight is 398 g/mol. The summed E-state index contributed by atoms with van der Waals surface area (Å²) in [7, 11) is 0. The minimum atomic E-state index is -1.10. The third-order valence-corrected chi connectivity index (χ3v) is 4.16. The van der Waals surface area contributed by atoms with E-state index < -0.39 is 5.97 Å². The summed E-state index contributed by atoms with van der Waals surface area (Å²) in [6, 6.07) is 15.5. The second-order valence-corrected chi connectivity index (χ2v) is 6.27. The number of hydrogen-bond donors (Lipinski definition) is 2. The number of carbonyl (C=O) groups is 1. The molecule has 0 aliphatic heterocycles. The minimum Gasteiger partial charge on any atom is -0.477 e. The lowest BCUT2D eigenvalue weighted by Crippen LogP contribution is -2.08. The van der Waals surface area contributed by atoms with Gasteiger partial charge >= 0.3 is 5.97 Å². The first kappa shape index (κ1) is 18.7. The zero-order valence-electron chi connectivity index (χ0n) is 15.5. The van der Waals surface area contributed by atoms with Crippen molar-refractivity contribution in [2.45, 2.75) is 6.54 Å². The molecule has 0 atom stereocenters. The molecule has 0 amide bonds. The van der Waals surface area contributed by atoms with Crippen LogP contribution < -0.4 is 5.73 Å². The van der Waals surface area contributed by atoms with Gasteiger partial charge in [-0.3, -0.25) is 0 Å². The van der Waals surface area contributed by atoms with Gasteiger partial charge in [0.05, 0.1) is 34.9 Å². The van der Waals surface area contributed by atoms with Crippen LogP contribution in [0.2, 0.25) is 0 Å². The van der Waals surface area contributed by atoms with Crippen LogP contribution >= 0.6 is 0 Å². The summed E-state index contributed by atoms with van der Waals surface area (Å²) in [6.07, 6.45) is 1.53. The summed E-state index contributed by atoms with van der Waals surface area (Å²) >= 11 is 0. The minimum absolute atomic E-state index is 0.0484. The Kier molecular flexibility index (Phi) is 4.84. The average Bonchev–Trinajstić information content (AvgIpc) is 3.22.